The molecule has 0 fully saturated rings. The van der Waals surface area contributed by atoms with E-state index in [1.165, 1.54) is 0 Å². The Labute approximate surface area is 126 Å². The van der Waals surface area contributed by atoms with E-state index in [-0.39, 0.29) is 6.61 Å². The van der Waals surface area contributed by atoms with E-state index >= 15 is 0 Å². The third-order valence-electron chi connectivity index (χ3n) is 3.40. The molecule has 3 rings (SSSR count). The van der Waals surface area contributed by atoms with Crippen LogP contribution in [0.5, 0.6) is 5.75 Å². The van der Waals surface area contributed by atoms with E-state index in [1.807, 2.05) is 0 Å². The molecule has 2 aromatic carbocycles. The molecule has 0 bridgehead atoms. The van der Waals surface area contributed by atoms with Crippen LogP contribution in [0.4, 0.5) is 16.2 Å². The molecule has 0 aromatic heterocycles. The summed E-state index contributed by atoms with van der Waals surface area (Å²) in [5, 5.41) is 12.2. The Morgan fingerprint density at radius 3 is 2.55 bits per heavy atom. The second-order valence-electron chi connectivity index (χ2n) is 4.80. The highest BCUT2D eigenvalue weighted by Gasteiger charge is 2.34. The minimum atomic E-state index is -1.21. The van der Waals surface area contributed by atoms with Gasteiger partial charge >= 0.3 is 6.09 Å². The molecule has 1 atom stereocenters. The zero-order valence-corrected chi connectivity index (χ0v) is 11.6. The van der Waals surface area contributed by atoms with Gasteiger partial charge in [0, 0.05) is 5.69 Å². The third-order valence-corrected chi connectivity index (χ3v) is 3.40. The zero-order chi connectivity index (χ0) is 15.5. The summed E-state index contributed by atoms with van der Waals surface area (Å²) in [5.74, 6) is 0.105. The number of para-hydroxylation sites is 3. The smallest absolute Gasteiger partial charge is 0.412 e. The van der Waals surface area contributed by atoms with Gasteiger partial charge in [0.2, 0.25) is 0 Å². The maximum absolute atomic E-state index is 12.4. The highest BCUT2D eigenvalue weighted by molar-refractivity contribution is 6.03. The fourth-order valence-electron chi connectivity index (χ4n) is 2.36. The van der Waals surface area contributed by atoms with Crippen molar-refractivity contribution in [3.05, 3.63) is 54.6 Å². The number of carboxylic acid groups (broad SMARTS) is 1. The SMILES string of the molecule is O=C1Nc2ccccc2OC[C@@H]1N(C(=O)O)c1ccccc1. The summed E-state index contributed by atoms with van der Waals surface area (Å²) in [7, 11) is 0. The molecular weight excluding hydrogens is 284 g/mol. The maximum Gasteiger partial charge on any atom is 0.412 e. The van der Waals surface area contributed by atoms with E-state index in [0.29, 0.717) is 17.1 Å². The van der Waals surface area contributed by atoms with Gasteiger partial charge in [-0.15, -0.1) is 0 Å². The molecule has 1 aliphatic rings. The third kappa shape index (κ3) is 2.58. The Bertz CT molecular complexity index is 702. The van der Waals surface area contributed by atoms with E-state index < -0.39 is 18.0 Å². The van der Waals surface area contributed by atoms with Gasteiger partial charge in [-0.25, -0.2) is 4.79 Å². The number of benzene rings is 2. The first-order chi connectivity index (χ1) is 10.7. The topological polar surface area (TPSA) is 78.9 Å². The molecule has 112 valence electrons. The minimum Gasteiger partial charge on any atom is -0.489 e. The molecule has 1 heterocycles. The number of hydrogen-bond donors (Lipinski definition) is 2. The van der Waals surface area contributed by atoms with E-state index in [4.69, 9.17) is 4.74 Å². The molecule has 2 N–H and O–H groups in total. The van der Waals surface area contributed by atoms with Crippen LogP contribution in [0.2, 0.25) is 0 Å². The van der Waals surface area contributed by atoms with Crippen LogP contribution in [-0.4, -0.2) is 29.8 Å². The van der Waals surface area contributed by atoms with Gasteiger partial charge in [-0.05, 0) is 24.3 Å². The van der Waals surface area contributed by atoms with Crippen molar-refractivity contribution in [3.63, 3.8) is 0 Å². The zero-order valence-electron chi connectivity index (χ0n) is 11.6. The molecule has 2 amide bonds. The first-order valence-corrected chi connectivity index (χ1v) is 6.77. The lowest BCUT2D eigenvalue weighted by Crippen LogP contribution is -2.49. The van der Waals surface area contributed by atoms with E-state index in [0.717, 1.165) is 4.90 Å². The van der Waals surface area contributed by atoms with Gasteiger partial charge in [0.15, 0.2) is 6.04 Å². The van der Waals surface area contributed by atoms with Crippen molar-refractivity contribution in [2.24, 2.45) is 0 Å². The summed E-state index contributed by atoms with van der Waals surface area (Å²) < 4.78 is 5.60. The van der Waals surface area contributed by atoms with Crippen molar-refractivity contribution in [1.29, 1.82) is 0 Å². The Hall–Kier alpha value is -3.02. The predicted molar refractivity (Wildman–Crippen MR) is 81.3 cm³/mol. The molecule has 2 aromatic rings. The number of ether oxygens (including phenoxy) is 1. The maximum atomic E-state index is 12.4. The highest BCUT2D eigenvalue weighted by atomic mass is 16.5. The Morgan fingerprint density at radius 1 is 1.14 bits per heavy atom. The number of nitrogens with zero attached hydrogens (tertiary/aromatic N) is 1. The number of nitrogens with one attached hydrogen (secondary N) is 1. The first kappa shape index (κ1) is 13.9. The number of amides is 2. The summed E-state index contributed by atoms with van der Waals surface area (Å²) in [6.45, 7) is -0.0515. The highest BCUT2D eigenvalue weighted by Crippen LogP contribution is 2.28. The van der Waals surface area contributed by atoms with Gasteiger partial charge < -0.3 is 15.2 Å². The van der Waals surface area contributed by atoms with Gasteiger partial charge in [0.1, 0.15) is 12.4 Å². The van der Waals surface area contributed by atoms with Crippen molar-refractivity contribution >= 4 is 23.4 Å². The monoisotopic (exact) mass is 298 g/mol. The number of carbonyl (C=O) groups excluding carboxylic acids is 1. The summed E-state index contributed by atoms with van der Waals surface area (Å²) in [5.41, 5.74) is 0.957. The van der Waals surface area contributed by atoms with Crippen LogP contribution >= 0.6 is 0 Å². The van der Waals surface area contributed by atoms with Crippen LogP contribution in [-0.2, 0) is 4.79 Å². The van der Waals surface area contributed by atoms with E-state index in [9.17, 15) is 14.7 Å². The summed E-state index contributed by atoms with van der Waals surface area (Å²) in [4.78, 5) is 25.0. The second kappa shape index (κ2) is 5.77. The van der Waals surface area contributed by atoms with Crippen LogP contribution in [0.1, 0.15) is 0 Å². The molecule has 0 radical (unpaired) electrons. The summed E-state index contributed by atoms with van der Waals surface area (Å²) >= 11 is 0. The van der Waals surface area contributed by atoms with E-state index in [2.05, 4.69) is 5.32 Å². The van der Waals surface area contributed by atoms with Crippen LogP contribution in [0.3, 0.4) is 0 Å². The molecule has 6 nitrogen and oxygen atoms in total. The lowest BCUT2D eigenvalue weighted by Gasteiger charge is -2.26. The molecule has 0 spiro atoms. The Morgan fingerprint density at radius 2 is 1.82 bits per heavy atom. The number of fused-ring (bicyclic) bond motifs is 1. The number of hydrogen-bond acceptors (Lipinski definition) is 3. The van der Waals surface area contributed by atoms with Crippen LogP contribution in [0.15, 0.2) is 54.6 Å². The summed E-state index contributed by atoms with van der Waals surface area (Å²) in [6.07, 6.45) is -1.21. The van der Waals surface area contributed by atoms with Crippen molar-refractivity contribution in [2.45, 2.75) is 6.04 Å². The van der Waals surface area contributed by atoms with Crippen LogP contribution in [0, 0.1) is 0 Å². The molecule has 0 saturated heterocycles. The van der Waals surface area contributed by atoms with Gasteiger partial charge in [0.25, 0.3) is 5.91 Å². The molecule has 0 unspecified atom stereocenters. The normalized spacial score (nSPS) is 16.7. The number of carbonyl (C=O) groups is 2. The van der Waals surface area contributed by atoms with Crippen molar-refractivity contribution < 1.29 is 19.4 Å². The van der Waals surface area contributed by atoms with Crippen LogP contribution < -0.4 is 15.0 Å². The Kier molecular flexibility index (Phi) is 3.65. The van der Waals surface area contributed by atoms with Gasteiger partial charge in [-0.2, -0.15) is 0 Å². The molecule has 6 heteroatoms. The average Bonchev–Trinajstić information content (AvgIpc) is 2.68. The van der Waals surface area contributed by atoms with Crippen molar-refractivity contribution in [1.82, 2.24) is 0 Å². The second-order valence-corrected chi connectivity index (χ2v) is 4.80. The molecule has 0 aliphatic carbocycles. The first-order valence-electron chi connectivity index (χ1n) is 6.77. The average molecular weight is 298 g/mol. The fourth-order valence-corrected chi connectivity index (χ4v) is 2.36. The molecule has 0 saturated carbocycles. The Balaban J connectivity index is 1.93. The van der Waals surface area contributed by atoms with Gasteiger partial charge in [-0.3, -0.25) is 9.69 Å². The lowest BCUT2D eigenvalue weighted by molar-refractivity contribution is -0.117. The molecule has 1 aliphatic heterocycles. The van der Waals surface area contributed by atoms with Gasteiger partial charge in [-0.1, -0.05) is 30.3 Å². The van der Waals surface area contributed by atoms with Crippen LogP contribution in [0.25, 0.3) is 0 Å². The van der Waals surface area contributed by atoms with Gasteiger partial charge in [0.05, 0.1) is 5.69 Å². The number of anilines is 2. The fraction of sp³-hybridized carbons (Fsp3) is 0.125. The van der Waals surface area contributed by atoms with Crippen molar-refractivity contribution in [3.8, 4) is 5.75 Å². The quantitative estimate of drug-likeness (QED) is 0.893. The predicted octanol–water partition coefficient (Wildman–Crippen LogP) is 2.57. The standard InChI is InChI=1S/C16H14N2O4/c19-15-13(10-22-14-9-5-4-8-12(14)17-15)18(16(20)21)11-6-2-1-3-7-11/h1-9,13H,10H2,(H,17,19)(H,20,21)/t13-/m0/s1. The minimum absolute atomic E-state index is 0.0515. The largest absolute Gasteiger partial charge is 0.489 e. The molecular formula is C16H14N2O4. The van der Waals surface area contributed by atoms with Crippen molar-refractivity contribution in [2.75, 3.05) is 16.8 Å². The number of rotatable bonds is 2. The summed E-state index contributed by atoms with van der Waals surface area (Å²) in [6, 6.07) is 14.5. The lowest BCUT2D eigenvalue weighted by atomic mass is 10.2. The molecule has 22 heavy (non-hydrogen) atoms. The van der Waals surface area contributed by atoms with E-state index in [1.54, 1.807) is 54.6 Å².